The van der Waals surface area contributed by atoms with Gasteiger partial charge in [0, 0.05) is 60.0 Å². The van der Waals surface area contributed by atoms with E-state index in [0.29, 0.717) is 47.6 Å². The standard InChI is InChI=1S/C31H29N5O9S/c1-3-34(4-2)22-10-8-19(25(15-22)43-17-29(38)33-20-6-5-7-23(13-20)36(41)42)12-27-30(39)35(31(40)46-27)16-28(37)32-21-9-11-24-26(14-21)45-18-44-24/h5-15H,3-4,16-18H2,1-2H3,(H,32,37)(H,33,38)/b27-12+. The van der Waals surface area contributed by atoms with E-state index in [2.05, 4.69) is 15.5 Å². The first kappa shape index (κ1) is 31.8. The number of imide groups is 1. The fourth-order valence-electron chi connectivity index (χ4n) is 4.69. The van der Waals surface area contributed by atoms with Crippen LogP contribution in [-0.2, 0) is 14.4 Å². The number of benzene rings is 3. The second kappa shape index (κ2) is 14.0. The minimum atomic E-state index is -0.655. The summed E-state index contributed by atoms with van der Waals surface area (Å²) in [5, 5.41) is 15.7. The van der Waals surface area contributed by atoms with Crippen molar-refractivity contribution < 1.29 is 38.3 Å². The van der Waals surface area contributed by atoms with Gasteiger partial charge in [0.25, 0.3) is 22.7 Å². The second-order valence-electron chi connectivity index (χ2n) is 9.92. The number of nitro benzene ring substituents is 1. The van der Waals surface area contributed by atoms with E-state index in [1.165, 1.54) is 30.3 Å². The average Bonchev–Trinajstić information content (AvgIpc) is 3.61. The lowest BCUT2D eigenvalue weighted by molar-refractivity contribution is -0.384. The maximum absolute atomic E-state index is 13.2. The Morgan fingerprint density at radius 2 is 1.74 bits per heavy atom. The van der Waals surface area contributed by atoms with Crippen molar-refractivity contribution in [2.45, 2.75) is 13.8 Å². The predicted molar refractivity (Wildman–Crippen MR) is 171 cm³/mol. The average molecular weight is 648 g/mol. The minimum absolute atomic E-state index is 0.0716. The van der Waals surface area contributed by atoms with Crippen LogP contribution in [0.1, 0.15) is 19.4 Å². The van der Waals surface area contributed by atoms with E-state index in [1.54, 1.807) is 30.3 Å². The maximum atomic E-state index is 13.2. The lowest BCUT2D eigenvalue weighted by Gasteiger charge is -2.22. The number of hydrogen-bond donors (Lipinski definition) is 2. The van der Waals surface area contributed by atoms with Crippen molar-refractivity contribution in [3.8, 4) is 17.2 Å². The highest BCUT2D eigenvalue weighted by molar-refractivity contribution is 8.18. The fourth-order valence-corrected chi connectivity index (χ4v) is 5.52. The summed E-state index contributed by atoms with van der Waals surface area (Å²) in [4.78, 5) is 64.9. The number of nitrogens with one attached hydrogen (secondary N) is 2. The topological polar surface area (TPSA) is 170 Å². The van der Waals surface area contributed by atoms with E-state index in [-0.39, 0.29) is 28.8 Å². The SMILES string of the molecule is CCN(CC)c1ccc(/C=C2/SC(=O)N(CC(=O)Nc3ccc4c(c3)OCO4)C2=O)c(OCC(=O)Nc2cccc([N+](=O)[O-])c2)c1. The highest BCUT2D eigenvalue weighted by atomic mass is 32.2. The molecule has 46 heavy (non-hydrogen) atoms. The summed E-state index contributed by atoms with van der Waals surface area (Å²) in [6.07, 6.45) is 1.47. The van der Waals surface area contributed by atoms with Gasteiger partial charge in [-0.05, 0) is 62.0 Å². The summed E-state index contributed by atoms with van der Waals surface area (Å²) in [6.45, 7) is 4.53. The molecule has 2 N–H and O–H groups in total. The van der Waals surface area contributed by atoms with Gasteiger partial charge in [0.1, 0.15) is 12.3 Å². The zero-order valence-corrected chi connectivity index (χ0v) is 25.6. The highest BCUT2D eigenvalue weighted by Gasteiger charge is 2.36. The van der Waals surface area contributed by atoms with Crippen LogP contribution in [0.2, 0.25) is 0 Å². The molecule has 1 saturated heterocycles. The molecule has 5 rings (SSSR count). The van der Waals surface area contributed by atoms with Gasteiger partial charge in [0.2, 0.25) is 12.7 Å². The largest absolute Gasteiger partial charge is 0.483 e. The normalized spacial score (nSPS) is 14.4. The number of ether oxygens (including phenoxy) is 3. The van der Waals surface area contributed by atoms with Crippen LogP contribution in [0.5, 0.6) is 17.2 Å². The first-order chi connectivity index (χ1) is 22.1. The monoisotopic (exact) mass is 647 g/mol. The van der Waals surface area contributed by atoms with Crippen LogP contribution in [0.15, 0.2) is 65.6 Å². The fraction of sp³-hybridized carbons (Fsp3) is 0.226. The van der Waals surface area contributed by atoms with E-state index in [9.17, 15) is 29.3 Å². The quantitative estimate of drug-likeness (QED) is 0.156. The van der Waals surface area contributed by atoms with Crippen LogP contribution in [-0.4, -0.2) is 65.8 Å². The Labute approximate surface area is 267 Å². The third kappa shape index (κ3) is 7.38. The van der Waals surface area contributed by atoms with Crippen molar-refractivity contribution in [2.75, 3.05) is 48.6 Å². The molecule has 0 aliphatic carbocycles. The Morgan fingerprint density at radius 3 is 2.50 bits per heavy atom. The number of nitrogens with zero attached hydrogens (tertiary/aromatic N) is 3. The molecule has 3 aromatic carbocycles. The van der Waals surface area contributed by atoms with E-state index in [1.807, 2.05) is 19.9 Å². The van der Waals surface area contributed by atoms with Gasteiger partial charge in [0.05, 0.1) is 9.83 Å². The zero-order valence-electron chi connectivity index (χ0n) is 24.8. The number of nitro groups is 1. The molecule has 15 heteroatoms. The molecule has 3 aromatic rings. The Balaban J connectivity index is 1.30. The summed E-state index contributed by atoms with van der Waals surface area (Å²) in [5.41, 5.74) is 1.71. The van der Waals surface area contributed by atoms with Gasteiger partial charge in [-0.1, -0.05) is 6.07 Å². The smallest absolute Gasteiger partial charge is 0.294 e. The number of fused-ring (bicyclic) bond motifs is 1. The summed E-state index contributed by atoms with van der Waals surface area (Å²) in [6, 6.07) is 15.6. The number of hydrogen-bond acceptors (Lipinski definition) is 11. The maximum Gasteiger partial charge on any atom is 0.294 e. The number of amides is 4. The van der Waals surface area contributed by atoms with Gasteiger partial charge in [0.15, 0.2) is 18.1 Å². The lowest BCUT2D eigenvalue weighted by atomic mass is 10.1. The zero-order chi connectivity index (χ0) is 32.8. The Hall–Kier alpha value is -5.57. The number of non-ortho nitro benzene ring substituents is 1. The first-order valence-electron chi connectivity index (χ1n) is 14.2. The number of thioether (sulfide) groups is 1. The Bertz CT molecular complexity index is 1740. The van der Waals surface area contributed by atoms with Crippen LogP contribution in [0.3, 0.4) is 0 Å². The molecule has 0 bridgehead atoms. The molecule has 14 nitrogen and oxygen atoms in total. The molecule has 0 aromatic heterocycles. The molecule has 1 fully saturated rings. The predicted octanol–water partition coefficient (Wildman–Crippen LogP) is 4.86. The highest BCUT2D eigenvalue weighted by Crippen LogP contribution is 2.36. The molecule has 0 unspecified atom stereocenters. The van der Waals surface area contributed by atoms with E-state index >= 15 is 0 Å². The molecule has 2 aliphatic heterocycles. The number of anilines is 3. The van der Waals surface area contributed by atoms with Crippen LogP contribution < -0.4 is 29.7 Å². The first-order valence-corrected chi connectivity index (χ1v) is 15.0. The third-order valence-corrected chi connectivity index (χ3v) is 7.85. The van der Waals surface area contributed by atoms with Gasteiger partial charge in [-0.2, -0.15) is 0 Å². The van der Waals surface area contributed by atoms with Gasteiger partial charge in [-0.25, -0.2) is 0 Å². The molecule has 4 amide bonds. The van der Waals surface area contributed by atoms with Crippen molar-refractivity contribution in [2.24, 2.45) is 0 Å². The molecule has 0 saturated carbocycles. The molecule has 238 valence electrons. The van der Waals surface area contributed by atoms with E-state index in [0.717, 1.165) is 10.6 Å². The molecule has 2 heterocycles. The van der Waals surface area contributed by atoms with Crippen LogP contribution >= 0.6 is 11.8 Å². The van der Waals surface area contributed by atoms with Crippen LogP contribution in [0, 0.1) is 10.1 Å². The van der Waals surface area contributed by atoms with Crippen molar-refractivity contribution >= 4 is 63.5 Å². The number of carbonyl (C=O) groups excluding carboxylic acids is 4. The molecule has 0 spiro atoms. The molecular formula is C31H29N5O9S. The number of carbonyl (C=O) groups is 4. The lowest BCUT2D eigenvalue weighted by Crippen LogP contribution is -2.36. The van der Waals surface area contributed by atoms with Crippen molar-refractivity contribution in [1.29, 1.82) is 0 Å². The third-order valence-electron chi connectivity index (χ3n) is 6.94. The van der Waals surface area contributed by atoms with Gasteiger partial charge < -0.3 is 29.7 Å². The summed E-state index contributed by atoms with van der Waals surface area (Å²) >= 11 is 0.681. The van der Waals surface area contributed by atoms with E-state index in [4.69, 9.17) is 14.2 Å². The van der Waals surface area contributed by atoms with E-state index < -0.39 is 41.0 Å². The van der Waals surface area contributed by atoms with Crippen molar-refractivity contribution in [3.05, 3.63) is 81.2 Å². The van der Waals surface area contributed by atoms with Gasteiger partial charge >= 0.3 is 0 Å². The molecule has 0 radical (unpaired) electrons. The summed E-state index contributed by atoms with van der Waals surface area (Å²) in [5.74, 6) is -0.508. The second-order valence-corrected chi connectivity index (χ2v) is 10.9. The van der Waals surface area contributed by atoms with Crippen molar-refractivity contribution in [1.82, 2.24) is 4.90 Å². The van der Waals surface area contributed by atoms with Gasteiger partial charge in [-0.3, -0.25) is 34.2 Å². The molecule has 2 aliphatic rings. The molecule has 0 atom stereocenters. The van der Waals surface area contributed by atoms with Crippen molar-refractivity contribution in [3.63, 3.8) is 0 Å². The van der Waals surface area contributed by atoms with Crippen LogP contribution in [0.4, 0.5) is 27.5 Å². The van der Waals surface area contributed by atoms with Crippen LogP contribution in [0.25, 0.3) is 6.08 Å². The summed E-state index contributed by atoms with van der Waals surface area (Å²) < 4.78 is 16.4. The minimum Gasteiger partial charge on any atom is -0.483 e. The molecular weight excluding hydrogens is 618 g/mol. The number of rotatable bonds is 12. The Morgan fingerprint density at radius 1 is 1.00 bits per heavy atom. The summed E-state index contributed by atoms with van der Waals surface area (Å²) in [7, 11) is 0. The van der Waals surface area contributed by atoms with Gasteiger partial charge in [-0.15, -0.1) is 0 Å². The Kier molecular flexibility index (Phi) is 9.71.